The zero-order chi connectivity index (χ0) is 20.7. The number of ether oxygens (including phenoxy) is 1. The summed E-state index contributed by atoms with van der Waals surface area (Å²) in [5.74, 6) is -0.872. The lowest BCUT2D eigenvalue weighted by atomic mass is 10.2. The first-order valence-electron chi connectivity index (χ1n) is 8.51. The van der Waals surface area contributed by atoms with E-state index in [1.54, 1.807) is 13.8 Å². The molecule has 3 N–H and O–H groups in total. The van der Waals surface area contributed by atoms with Crippen LogP contribution in [-0.4, -0.2) is 47.9 Å². The van der Waals surface area contributed by atoms with E-state index in [1.165, 1.54) is 12.1 Å². The number of hydrogen-bond acceptors (Lipinski definition) is 6. The van der Waals surface area contributed by atoms with E-state index in [2.05, 4.69) is 15.8 Å². The second-order valence-electron chi connectivity index (χ2n) is 6.07. The summed E-state index contributed by atoms with van der Waals surface area (Å²) in [4.78, 5) is 23.8. The van der Waals surface area contributed by atoms with Crippen LogP contribution < -0.4 is 15.4 Å². The molecule has 1 aromatic carbocycles. The number of benzene rings is 1. The molecule has 0 bridgehead atoms. The second-order valence-corrected chi connectivity index (χ2v) is 6.47. The largest absolute Gasteiger partial charge is 0.484 e. The van der Waals surface area contributed by atoms with Crippen molar-refractivity contribution in [2.75, 3.05) is 19.7 Å². The molecule has 2 aromatic rings. The van der Waals surface area contributed by atoms with Crippen molar-refractivity contribution in [2.45, 2.75) is 26.4 Å². The number of halogens is 2. The number of aliphatic hydroxyl groups is 1. The molecule has 1 unspecified atom stereocenters. The molecule has 1 aromatic heterocycles. The van der Waals surface area contributed by atoms with E-state index < -0.39 is 17.8 Å². The number of carbonyl (C=O) groups is 2. The van der Waals surface area contributed by atoms with Crippen molar-refractivity contribution in [3.05, 3.63) is 46.1 Å². The predicted octanol–water partition coefficient (Wildman–Crippen LogP) is 1.76. The van der Waals surface area contributed by atoms with E-state index in [-0.39, 0.29) is 42.8 Å². The van der Waals surface area contributed by atoms with Crippen molar-refractivity contribution in [2.24, 2.45) is 0 Å². The van der Waals surface area contributed by atoms with Crippen LogP contribution >= 0.6 is 11.6 Å². The smallest absolute Gasteiger partial charge is 0.257 e. The molecule has 0 saturated carbocycles. The Hall–Kier alpha value is -2.65. The van der Waals surface area contributed by atoms with Crippen LogP contribution in [0, 0.1) is 19.7 Å². The monoisotopic (exact) mass is 413 g/mol. The van der Waals surface area contributed by atoms with Gasteiger partial charge in [-0.2, -0.15) is 0 Å². The molecule has 0 aliphatic heterocycles. The van der Waals surface area contributed by atoms with E-state index in [0.29, 0.717) is 17.0 Å². The number of nitrogens with one attached hydrogen (secondary N) is 2. The van der Waals surface area contributed by atoms with Gasteiger partial charge in [0.2, 0.25) is 0 Å². The number of aliphatic hydroxyl groups excluding tert-OH is 1. The van der Waals surface area contributed by atoms with E-state index in [4.69, 9.17) is 20.9 Å². The van der Waals surface area contributed by atoms with Crippen molar-refractivity contribution in [3.63, 3.8) is 0 Å². The first kappa shape index (κ1) is 21.6. The Labute approximate surface area is 166 Å². The molecule has 1 heterocycles. The molecule has 28 heavy (non-hydrogen) atoms. The highest BCUT2D eigenvalue weighted by Gasteiger charge is 2.18. The van der Waals surface area contributed by atoms with Crippen molar-refractivity contribution in [3.8, 4) is 5.75 Å². The maximum atomic E-state index is 13.3. The molecule has 152 valence electrons. The van der Waals surface area contributed by atoms with E-state index in [0.717, 1.165) is 6.07 Å². The van der Waals surface area contributed by atoms with Gasteiger partial charge in [-0.05, 0) is 32.4 Å². The van der Waals surface area contributed by atoms with E-state index >= 15 is 0 Å². The molecule has 0 fully saturated rings. The quantitative estimate of drug-likeness (QED) is 0.577. The van der Waals surface area contributed by atoms with Crippen LogP contribution in [0.25, 0.3) is 0 Å². The molecule has 0 saturated heterocycles. The summed E-state index contributed by atoms with van der Waals surface area (Å²) in [7, 11) is 0. The summed E-state index contributed by atoms with van der Waals surface area (Å²) < 4.78 is 23.4. The highest BCUT2D eigenvalue weighted by molar-refractivity contribution is 6.30. The van der Waals surface area contributed by atoms with Gasteiger partial charge in [0, 0.05) is 19.2 Å². The highest BCUT2D eigenvalue weighted by Crippen LogP contribution is 2.20. The fraction of sp³-hybridized carbons (Fsp3) is 0.389. The number of hydrogen-bond donors (Lipinski definition) is 3. The predicted molar refractivity (Wildman–Crippen MR) is 98.8 cm³/mol. The van der Waals surface area contributed by atoms with Gasteiger partial charge < -0.3 is 25.0 Å². The van der Waals surface area contributed by atoms with Crippen LogP contribution in [-0.2, 0) is 4.79 Å². The first-order valence-corrected chi connectivity index (χ1v) is 8.89. The molecular weight excluding hydrogens is 393 g/mol. The number of nitrogens with zero attached hydrogens (tertiary/aromatic N) is 1. The van der Waals surface area contributed by atoms with E-state index in [9.17, 15) is 19.1 Å². The maximum Gasteiger partial charge on any atom is 0.257 e. The van der Waals surface area contributed by atoms with Gasteiger partial charge in [0.05, 0.1) is 16.8 Å². The average Bonchev–Trinajstić information content (AvgIpc) is 2.99. The summed E-state index contributed by atoms with van der Waals surface area (Å²) in [6.07, 6.45) is -0.626. The molecule has 10 heteroatoms. The number of aryl methyl sites for hydroxylation is 2. The van der Waals surface area contributed by atoms with Crippen LogP contribution in [0.5, 0.6) is 5.75 Å². The Morgan fingerprint density at radius 2 is 2.11 bits per heavy atom. The molecular formula is C18H21ClFN3O5. The molecule has 8 nitrogen and oxygen atoms in total. The van der Waals surface area contributed by atoms with Crippen LogP contribution in [0.1, 0.15) is 28.2 Å². The Morgan fingerprint density at radius 1 is 1.36 bits per heavy atom. The summed E-state index contributed by atoms with van der Waals surface area (Å²) in [6, 6.07) is 3.86. The average molecular weight is 414 g/mol. The summed E-state index contributed by atoms with van der Waals surface area (Å²) >= 11 is 5.56. The van der Waals surface area contributed by atoms with Crippen molar-refractivity contribution in [1.29, 1.82) is 0 Å². The Kier molecular flexibility index (Phi) is 7.77. The molecule has 0 radical (unpaired) electrons. The van der Waals surface area contributed by atoms with Crippen LogP contribution in [0.3, 0.4) is 0 Å². The molecule has 2 amide bonds. The summed E-state index contributed by atoms with van der Waals surface area (Å²) in [6.45, 7) is 3.16. The zero-order valence-electron chi connectivity index (χ0n) is 15.4. The van der Waals surface area contributed by atoms with Gasteiger partial charge in [-0.15, -0.1) is 0 Å². The summed E-state index contributed by atoms with van der Waals surface area (Å²) in [5.41, 5.74) is 0.814. The minimum atomic E-state index is -0.851. The van der Waals surface area contributed by atoms with Gasteiger partial charge in [-0.25, -0.2) is 4.39 Å². The first-order chi connectivity index (χ1) is 13.3. The third kappa shape index (κ3) is 6.21. The van der Waals surface area contributed by atoms with Crippen molar-refractivity contribution in [1.82, 2.24) is 15.8 Å². The van der Waals surface area contributed by atoms with Gasteiger partial charge in [0.15, 0.2) is 6.61 Å². The van der Waals surface area contributed by atoms with Crippen molar-refractivity contribution >= 4 is 23.4 Å². The lowest BCUT2D eigenvalue weighted by Gasteiger charge is -2.13. The number of amides is 2. The lowest BCUT2D eigenvalue weighted by molar-refractivity contribution is -0.123. The molecule has 2 rings (SSSR count). The third-order valence-electron chi connectivity index (χ3n) is 3.82. The highest BCUT2D eigenvalue weighted by atomic mass is 35.5. The normalized spacial score (nSPS) is 11.8. The minimum absolute atomic E-state index is 0.0132. The van der Waals surface area contributed by atoms with Gasteiger partial charge in [-0.1, -0.05) is 16.8 Å². The fourth-order valence-corrected chi connectivity index (χ4v) is 2.47. The maximum absolute atomic E-state index is 13.3. The molecule has 0 spiro atoms. The zero-order valence-corrected chi connectivity index (χ0v) is 16.2. The standard InChI is InChI=1S/C18H21ClFN3O5/c1-10-17(11(2)28-23-10)18(26)22-8-12(24)5-6-21-16(25)9-27-13-3-4-14(19)15(20)7-13/h3-4,7,12,24H,5-6,8-9H2,1-2H3,(H,21,25)(H,22,26). The Morgan fingerprint density at radius 3 is 2.75 bits per heavy atom. The second kappa shape index (κ2) is 10.0. The van der Waals surface area contributed by atoms with Gasteiger partial charge in [0.25, 0.3) is 11.8 Å². The number of rotatable bonds is 9. The number of aromatic nitrogens is 1. The van der Waals surface area contributed by atoms with Crippen LogP contribution in [0.15, 0.2) is 22.7 Å². The van der Waals surface area contributed by atoms with Gasteiger partial charge in [-0.3, -0.25) is 9.59 Å². The third-order valence-corrected chi connectivity index (χ3v) is 4.13. The Bertz CT molecular complexity index is 823. The molecule has 0 aliphatic carbocycles. The molecule has 0 aliphatic rings. The lowest BCUT2D eigenvalue weighted by Crippen LogP contribution is -2.36. The van der Waals surface area contributed by atoms with Crippen molar-refractivity contribution < 1.29 is 28.3 Å². The number of carbonyl (C=O) groups excluding carboxylic acids is 2. The molecule has 1 atom stereocenters. The van der Waals surface area contributed by atoms with Crippen LogP contribution in [0.2, 0.25) is 5.02 Å². The fourth-order valence-electron chi connectivity index (χ4n) is 2.35. The van der Waals surface area contributed by atoms with Gasteiger partial charge in [0.1, 0.15) is 22.9 Å². The van der Waals surface area contributed by atoms with E-state index in [1.807, 2.05) is 0 Å². The van der Waals surface area contributed by atoms with Gasteiger partial charge >= 0.3 is 0 Å². The Balaban J connectivity index is 1.64. The SMILES string of the molecule is Cc1noc(C)c1C(=O)NCC(O)CCNC(=O)COc1ccc(Cl)c(F)c1. The topological polar surface area (TPSA) is 114 Å². The van der Waals surface area contributed by atoms with Crippen LogP contribution in [0.4, 0.5) is 4.39 Å². The minimum Gasteiger partial charge on any atom is -0.484 e. The summed E-state index contributed by atoms with van der Waals surface area (Å²) in [5, 5.41) is 18.7.